The molecule has 2 aromatic carbocycles. The van der Waals surface area contributed by atoms with Gasteiger partial charge in [-0.1, -0.05) is 36.8 Å². The van der Waals surface area contributed by atoms with Crippen LogP contribution < -0.4 is 10.5 Å². The predicted molar refractivity (Wildman–Crippen MR) is 86.1 cm³/mol. The molecule has 0 aliphatic heterocycles. The molecular formula is C18H21NO3. The molecule has 1 unspecified atom stereocenters. The van der Waals surface area contributed by atoms with Crippen LogP contribution in [0.3, 0.4) is 0 Å². The largest absolute Gasteiger partial charge is 0.480 e. The topological polar surface area (TPSA) is 72.5 Å². The minimum Gasteiger partial charge on any atom is -0.480 e. The van der Waals surface area contributed by atoms with Crippen molar-refractivity contribution in [2.24, 2.45) is 5.73 Å². The summed E-state index contributed by atoms with van der Waals surface area (Å²) in [6.07, 6.45) is 3.18. The molecule has 0 radical (unpaired) electrons. The van der Waals surface area contributed by atoms with Crippen molar-refractivity contribution in [3.05, 3.63) is 60.2 Å². The molecule has 0 aliphatic rings. The quantitative estimate of drug-likeness (QED) is 0.730. The fourth-order valence-corrected chi connectivity index (χ4v) is 2.17. The van der Waals surface area contributed by atoms with Gasteiger partial charge in [0.15, 0.2) is 0 Å². The SMILES string of the molecule is NC(CCCCc1ccc(Oc2ccccc2)cc1)C(=O)O. The lowest BCUT2D eigenvalue weighted by atomic mass is 10.0. The van der Waals surface area contributed by atoms with Gasteiger partial charge in [0.1, 0.15) is 17.5 Å². The predicted octanol–water partition coefficient (Wildman–Crippen LogP) is 3.60. The number of aryl methyl sites for hydroxylation is 1. The van der Waals surface area contributed by atoms with Crippen molar-refractivity contribution < 1.29 is 14.6 Å². The lowest BCUT2D eigenvalue weighted by Gasteiger charge is -2.08. The Morgan fingerprint density at radius 3 is 2.27 bits per heavy atom. The van der Waals surface area contributed by atoms with E-state index in [1.807, 2.05) is 54.6 Å². The van der Waals surface area contributed by atoms with Gasteiger partial charge >= 0.3 is 5.97 Å². The maximum Gasteiger partial charge on any atom is 0.320 e. The zero-order chi connectivity index (χ0) is 15.8. The van der Waals surface area contributed by atoms with Gasteiger partial charge in [0.25, 0.3) is 0 Å². The summed E-state index contributed by atoms with van der Waals surface area (Å²) in [6.45, 7) is 0. The molecular weight excluding hydrogens is 278 g/mol. The van der Waals surface area contributed by atoms with Crippen LogP contribution in [0.15, 0.2) is 54.6 Å². The Bertz CT molecular complexity index is 581. The molecule has 0 fully saturated rings. The zero-order valence-corrected chi connectivity index (χ0v) is 12.4. The van der Waals surface area contributed by atoms with Crippen molar-refractivity contribution in [3.63, 3.8) is 0 Å². The van der Waals surface area contributed by atoms with E-state index in [-0.39, 0.29) is 0 Å². The molecule has 0 spiro atoms. The van der Waals surface area contributed by atoms with Gasteiger partial charge < -0.3 is 15.6 Å². The molecule has 4 heteroatoms. The number of carbonyl (C=O) groups is 1. The Hall–Kier alpha value is -2.33. The Kier molecular flexibility index (Phi) is 5.98. The first-order chi connectivity index (χ1) is 10.6. The van der Waals surface area contributed by atoms with Gasteiger partial charge in [-0.15, -0.1) is 0 Å². The molecule has 0 heterocycles. The second-order valence-corrected chi connectivity index (χ2v) is 5.25. The molecule has 0 saturated heterocycles. The molecule has 0 bridgehead atoms. The number of para-hydroxylation sites is 1. The van der Waals surface area contributed by atoms with E-state index in [0.717, 1.165) is 30.8 Å². The number of nitrogens with two attached hydrogens (primary N) is 1. The van der Waals surface area contributed by atoms with Gasteiger partial charge in [-0.3, -0.25) is 4.79 Å². The monoisotopic (exact) mass is 299 g/mol. The van der Waals surface area contributed by atoms with Crippen LogP contribution in [-0.2, 0) is 11.2 Å². The van der Waals surface area contributed by atoms with Gasteiger partial charge in [-0.05, 0) is 49.1 Å². The molecule has 2 rings (SSSR count). The first kappa shape index (κ1) is 16.0. The summed E-state index contributed by atoms with van der Waals surface area (Å²) in [5.41, 5.74) is 6.69. The molecule has 22 heavy (non-hydrogen) atoms. The summed E-state index contributed by atoms with van der Waals surface area (Å²) < 4.78 is 5.73. The second-order valence-electron chi connectivity index (χ2n) is 5.25. The standard InChI is InChI=1S/C18H21NO3/c19-17(18(20)21)9-5-4-6-14-10-12-16(13-11-14)22-15-7-2-1-3-8-15/h1-3,7-8,10-13,17H,4-6,9,19H2,(H,20,21). The summed E-state index contributed by atoms with van der Waals surface area (Å²) in [5, 5.41) is 8.71. The van der Waals surface area contributed by atoms with Crippen molar-refractivity contribution >= 4 is 5.97 Å². The smallest absolute Gasteiger partial charge is 0.320 e. The van der Waals surface area contributed by atoms with Crippen LogP contribution in [0.1, 0.15) is 24.8 Å². The highest BCUT2D eigenvalue weighted by atomic mass is 16.5. The molecule has 0 aromatic heterocycles. The average molecular weight is 299 g/mol. The summed E-state index contributed by atoms with van der Waals surface area (Å²) in [5.74, 6) is 0.697. The van der Waals surface area contributed by atoms with Crippen molar-refractivity contribution in [3.8, 4) is 11.5 Å². The zero-order valence-electron chi connectivity index (χ0n) is 12.4. The Labute approximate surface area is 130 Å². The van der Waals surface area contributed by atoms with Crippen molar-refractivity contribution in [2.45, 2.75) is 31.7 Å². The third kappa shape index (κ3) is 5.22. The number of rotatable bonds is 8. The fourth-order valence-electron chi connectivity index (χ4n) is 2.17. The van der Waals surface area contributed by atoms with E-state index in [1.54, 1.807) is 0 Å². The van der Waals surface area contributed by atoms with Gasteiger partial charge in [-0.2, -0.15) is 0 Å². The van der Waals surface area contributed by atoms with E-state index in [1.165, 1.54) is 5.56 Å². The highest BCUT2D eigenvalue weighted by molar-refractivity contribution is 5.72. The van der Waals surface area contributed by atoms with Gasteiger partial charge in [0.05, 0.1) is 0 Å². The molecule has 1 atom stereocenters. The number of ether oxygens (including phenoxy) is 1. The van der Waals surface area contributed by atoms with E-state index in [2.05, 4.69) is 0 Å². The maximum absolute atomic E-state index is 10.6. The van der Waals surface area contributed by atoms with Crippen LogP contribution in [0.25, 0.3) is 0 Å². The van der Waals surface area contributed by atoms with Crippen LogP contribution in [0.2, 0.25) is 0 Å². The van der Waals surface area contributed by atoms with E-state index < -0.39 is 12.0 Å². The number of unbranched alkanes of at least 4 members (excludes halogenated alkanes) is 1. The van der Waals surface area contributed by atoms with Crippen LogP contribution in [0, 0.1) is 0 Å². The van der Waals surface area contributed by atoms with Crippen LogP contribution in [-0.4, -0.2) is 17.1 Å². The van der Waals surface area contributed by atoms with Crippen molar-refractivity contribution in [1.82, 2.24) is 0 Å². The highest BCUT2D eigenvalue weighted by Gasteiger charge is 2.10. The summed E-state index contributed by atoms with van der Waals surface area (Å²) >= 11 is 0. The molecule has 0 aliphatic carbocycles. The van der Waals surface area contributed by atoms with Crippen LogP contribution >= 0.6 is 0 Å². The third-order valence-electron chi connectivity index (χ3n) is 3.45. The average Bonchev–Trinajstić information content (AvgIpc) is 2.53. The number of aliphatic carboxylic acids is 1. The Balaban J connectivity index is 1.76. The number of benzene rings is 2. The first-order valence-electron chi connectivity index (χ1n) is 7.45. The van der Waals surface area contributed by atoms with Crippen molar-refractivity contribution in [1.29, 1.82) is 0 Å². The minimum atomic E-state index is -0.928. The van der Waals surface area contributed by atoms with Crippen molar-refractivity contribution in [2.75, 3.05) is 0 Å². The summed E-state index contributed by atoms with van der Waals surface area (Å²) in [6, 6.07) is 16.9. The molecule has 4 nitrogen and oxygen atoms in total. The van der Waals surface area contributed by atoms with E-state index >= 15 is 0 Å². The first-order valence-corrected chi connectivity index (χ1v) is 7.45. The van der Waals surface area contributed by atoms with Gasteiger partial charge in [-0.25, -0.2) is 0 Å². The lowest BCUT2D eigenvalue weighted by Crippen LogP contribution is -2.29. The van der Waals surface area contributed by atoms with Crippen LogP contribution in [0.5, 0.6) is 11.5 Å². The Morgan fingerprint density at radius 1 is 1.00 bits per heavy atom. The second kappa shape index (κ2) is 8.20. The molecule has 0 saturated carbocycles. The van der Waals surface area contributed by atoms with Gasteiger partial charge in [0.2, 0.25) is 0 Å². The minimum absolute atomic E-state index is 0.518. The van der Waals surface area contributed by atoms with Crippen LogP contribution in [0.4, 0.5) is 0 Å². The number of hydrogen-bond acceptors (Lipinski definition) is 3. The molecule has 0 amide bonds. The summed E-state index contributed by atoms with van der Waals surface area (Å²) in [4.78, 5) is 10.6. The number of hydrogen-bond donors (Lipinski definition) is 2. The van der Waals surface area contributed by atoms with E-state index in [0.29, 0.717) is 6.42 Å². The fraction of sp³-hybridized carbons (Fsp3) is 0.278. The molecule has 2 aromatic rings. The maximum atomic E-state index is 10.6. The molecule has 3 N–H and O–H groups in total. The summed E-state index contributed by atoms with van der Waals surface area (Å²) in [7, 11) is 0. The molecule has 116 valence electrons. The number of carboxylic acid groups (broad SMARTS) is 1. The lowest BCUT2D eigenvalue weighted by molar-refractivity contribution is -0.138. The normalized spacial score (nSPS) is 11.9. The van der Waals surface area contributed by atoms with Gasteiger partial charge in [0, 0.05) is 0 Å². The van der Waals surface area contributed by atoms with E-state index in [4.69, 9.17) is 15.6 Å². The third-order valence-corrected chi connectivity index (χ3v) is 3.45. The van der Waals surface area contributed by atoms with E-state index in [9.17, 15) is 4.79 Å². The number of carboxylic acids is 1. The Morgan fingerprint density at radius 2 is 1.64 bits per heavy atom. The highest BCUT2D eigenvalue weighted by Crippen LogP contribution is 2.21.